The molecule has 6 heteroatoms. The lowest BCUT2D eigenvalue weighted by molar-refractivity contribution is -0.130. The number of thiazole rings is 1. The van der Waals surface area contributed by atoms with Gasteiger partial charge in [-0.3, -0.25) is 4.79 Å². The number of hydrogen-bond donors (Lipinski definition) is 1. The Labute approximate surface area is 110 Å². The topological polar surface area (TPSA) is 70.5 Å². The van der Waals surface area contributed by atoms with Crippen LogP contribution in [0.3, 0.4) is 0 Å². The molecule has 0 saturated heterocycles. The maximum Gasteiger partial charge on any atom is 0.347 e. The van der Waals surface area contributed by atoms with Gasteiger partial charge in [-0.15, -0.1) is 11.3 Å². The Morgan fingerprint density at radius 2 is 1.89 bits per heavy atom. The molecule has 0 aliphatic carbocycles. The molecule has 0 aromatic carbocycles. The quantitative estimate of drug-likeness (QED) is 0.856. The van der Waals surface area contributed by atoms with Crippen molar-refractivity contribution < 1.29 is 14.7 Å². The highest BCUT2D eigenvalue weighted by atomic mass is 32.1. The fourth-order valence-corrected chi connectivity index (χ4v) is 2.68. The van der Waals surface area contributed by atoms with Gasteiger partial charge in [-0.2, -0.15) is 0 Å². The third kappa shape index (κ3) is 3.29. The number of aromatic nitrogens is 1. The van der Waals surface area contributed by atoms with Gasteiger partial charge in [0.2, 0.25) is 5.91 Å². The van der Waals surface area contributed by atoms with Crippen LogP contribution in [-0.2, 0) is 17.6 Å². The Kier molecular flexibility index (Phi) is 5.27. The van der Waals surface area contributed by atoms with Gasteiger partial charge in [-0.05, 0) is 20.3 Å². The maximum atomic E-state index is 11.9. The van der Waals surface area contributed by atoms with E-state index in [0.717, 1.165) is 11.3 Å². The lowest BCUT2D eigenvalue weighted by atomic mass is 10.3. The van der Waals surface area contributed by atoms with Crippen molar-refractivity contribution in [2.24, 2.45) is 0 Å². The minimum atomic E-state index is -0.967. The molecule has 0 aliphatic rings. The van der Waals surface area contributed by atoms with Crippen LogP contribution in [0.1, 0.15) is 41.1 Å². The molecule has 5 nitrogen and oxygen atoms in total. The summed E-state index contributed by atoms with van der Waals surface area (Å²) in [6, 6.07) is 0. The van der Waals surface area contributed by atoms with E-state index in [2.05, 4.69) is 4.98 Å². The average molecular weight is 270 g/mol. The number of rotatable bonds is 6. The average Bonchev–Trinajstić information content (AvgIpc) is 2.73. The van der Waals surface area contributed by atoms with Crippen molar-refractivity contribution >= 4 is 23.2 Å². The zero-order valence-corrected chi connectivity index (χ0v) is 11.7. The molecule has 0 aliphatic heterocycles. The largest absolute Gasteiger partial charge is 0.477 e. The van der Waals surface area contributed by atoms with Crippen LogP contribution in [0.2, 0.25) is 0 Å². The zero-order chi connectivity index (χ0) is 13.7. The van der Waals surface area contributed by atoms with Gasteiger partial charge in [0, 0.05) is 13.1 Å². The molecule has 1 aromatic rings. The Morgan fingerprint density at radius 3 is 2.28 bits per heavy atom. The summed E-state index contributed by atoms with van der Waals surface area (Å²) < 4.78 is 0. The third-order valence-electron chi connectivity index (χ3n) is 2.69. The second kappa shape index (κ2) is 6.49. The second-order valence-electron chi connectivity index (χ2n) is 3.78. The zero-order valence-electron chi connectivity index (χ0n) is 10.9. The van der Waals surface area contributed by atoms with Gasteiger partial charge in [-0.25, -0.2) is 9.78 Å². The highest BCUT2D eigenvalue weighted by Gasteiger charge is 2.19. The van der Waals surface area contributed by atoms with E-state index in [0.29, 0.717) is 30.2 Å². The van der Waals surface area contributed by atoms with Gasteiger partial charge < -0.3 is 10.0 Å². The first-order valence-corrected chi connectivity index (χ1v) is 6.84. The number of carbonyl (C=O) groups excluding carboxylic acids is 1. The monoisotopic (exact) mass is 270 g/mol. The normalized spacial score (nSPS) is 10.4. The minimum Gasteiger partial charge on any atom is -0.477 e. The Balaban J connectivity index is 2.85. The molecule has 0 fully saturated rings. The summed E-state index contributed by atoms with van der Waals surface area (Å²) in [7, 11) is 0. The van der Waals surface area contributed by atoms with Crippen molar-refractivity contribution in [3.05, 3.63) is 15.6 Å². The van der Waals surface area contributed by atoms with E-state index >= 15 is 0 Å². The van der Waals surface area contributed by atoms with Crippen LogP contribution in [0, 0.1) is 0 Å². The molecule has 0 spiro atoms. The first kappa shape index (κ1) is 14.6. The van der Waals surface area contributed by atoms with Gasteiger partial charge in [0.05, 0.1) is 12.1 Å². The summed E-state index contributed by atoms with van der Waals surface area (Å²) >= 11 is 1.10. The SMILES string of the molecule is CCc1nc(CC(=O)N(CC)CC)sc1C(=O)O. The highest BCUT2D eigenvalue weighted by molar-refractivity contribution is 7.13. The van der Waals surface area contributed by atoms with Gasteiger partial charge in [0.15, 0.2) is 0 Å². The van der Waals surface area contributed by atoms with Crippen molar-refractivity contribution in [3.63, 3.8) is 0 Å². The smallest absolute Gasteiger partial charge is 0.347 e. The number of nitrogens with zero attached hydrogens (tertiary/aromatic N) is 2. The molecule has 0 saturated carbocycles. The van der Waals surface area contributed by atoms with Gasteiger partial charge in [0.25, 0.3) is 0 Å². The number of hydrogen-bond acceptors (Lipinski definition) is 4. The minimum absolute atomic E-state index is 0.00616. The van der Waals surface area contributed by atoms with Gasteiger partial charge >= 0.3 is 5.97 Å². The predicted molar refractivity (Wildman–Crippen MR) is 70.1 cm³/mol. The maximum absolute atomic E-state index is 11.9. The molecule has 0 unspecified atom stereocenters. The van der Waals surface area contributed by atoms with Crippen molar-refractivity contribution in [1.82, 2.24) is 9.88 Å². The van der Waals surface area contributed by atoms with E-state index in [1.165, 1.54) is 0 Å². The van der Waals surface area contributed by atoms with E-state index in [-0.39, 0.29) is 17.2 Å². The van der Waals surface area contributed by atoms with Crippen molar-refractivity contribution in [2.75, 3.05) is 13.1 Å². The van der Waals surface area contributed by atoms with Crippen LogP contribution >= 0.6 is 11.3 Å². The summed E-state index contributed by atoms with van der Waals surface area (Å²) in [6.45, 7) is 7.02. The molecule has 100 valence electrons. The molecule has 1 heterocycles. The van der Waals surface area contributed by atoms with E-state index in [4.69, 9.17) is 5.11 Å². The summed E-state index contributed by atoms with van der Waals surface area (Å²) in [5, 5.41) is 9.61. The summed E-state index contributed by atoms with van der Waals surface area (Å²) in [6.07, 6.45) is 0.754. The number of carboxylic acid groups (broad SMARTS) is 1. The fourth-order valence-electron chi connectivity index (χ4n) is 1.70. The van der Waals surface area contributed by atoms with Crippen LogP contribution in [0.15, 0.2) is 0 Å². The Bertz CT molecular complexity index is 439. The summed E-state index contributed by atoms with van der Waals surface area (Å²) in [5.41, 5.74) is 0.565. The molecule has 18 heavy (non-hydrogen) atoms. The Morgan fingerprint density at radius 1 is 1.28 bits per heavy atom. The van der Waals surface area contributed by atoms with Crippen LogP contribution < -0.4 is 0 Å². The summed E-state index contributed by atoms with van der Waals surface area (Å²) in [4.78, 5) is 29.1. The lowest BCUT2D eigenvalue weighted by Gasteiger charge is -2.17. The Hall–Kier alpha value is -1.43. The van der Waals surface area contributed by atoms with Crippen LogP contribution in [0.5, 0.6) is 0 Å². The van der Waals surface area contributed by atoms with Crippen molar-refractivity contribution in [3.8, 4) is 0 Å². The predicted octanol–water partition coefficient (Wildman–Crippen LogP) is 1.81. The second-order valence-corrected chi connectivity index (χ2v) is 4.87. The number of aryl methyl sites for hydroxylation is 1. The fraction of sp³-hybridized carbons (Fsp3) is 0.583. The molecular formula is C12H18N2O3S. The first-order valence-electron chi connectivity index (χ1n) is 6.03. The van der Waals surface area contributed by atoms with E-state index in [1.807, 2.05) is 20.8 Å². The molecule has 1 rings (SSSR count). The van der Waals surface area contributed by atoms with Gasteiger partial charge in [-0.1, -0.05) is 6.92 Å². The number of likely N-dealkylation sites (N-methyl/N-ethyl adjacent to an activating group) is 1. The standard InChI is InChI=1S/C12H18N2O3S/c1-4-8-11(12(16)17)18-9(13-8)7-10(15)14(5-2)6-3/h4-7H2,1-3H3,(H,16,17). The van der Waals surface area contributed by atoms with E-state index in [9.17, 15) is 9.59 Å². The highest BCUT2D eigenvalue weighted by Crippen LogP contribution is 2.20. The van der Waals surface area contributed by atoms with Crippen molar-refractivity contribution in [2.45, 2.75) is 33.6 Å². The van der Waals surface area contributed by atoms with Crippen LogP contribution in [0.25, 0.3) is 0 Å². The number of carbonyl (C=O) groups is 2. The molecular weight excluding hydrogens is 252 g/mol. The molecule has 1 aromatic heterocycles. The molecule has 0 radical (unpaired) electrons. The molecule has 1 N–H and O–H groups in total. The van der Waals surface area contributed by atoms with E-state index < -0.39 is 5.97 Å². The lowest BCUT2D eigenvalue weighted by Crippen LogP contribution is -2.31. The number of aromatic carboxylic acids is 1. The number of carboxylic acids is 1. The van der Waals surface area contributed by atoms with Crippen LogP contribution in [-0.4, -0.2) is 40.0 Å². The molecule has 0 bridgehead atoms. The van der Waals surface area contributed by atoms with Crippen LogP contribution in [0.4, 0.5) is 0 Å². The van der Waals surface area contributed by atoms with Crippen molar-refractivity contribution in [1.29, 1.82) is 0 Å². The first-order chi connectivity index (χ1) is 8.53. The summed E-state index contributed by atoms with van der Waals surface area (Å²) in [5.74, 6) is -0.973. The third-order valence-corrected chi connectivity index (χ3v) is 3.77. The van der Waals surface area contributed by atoms with E-state index in [1.54, 1.807) is 4.90 Å². The number of amides is 1. The molecule has 1 amide bonds. The van der Waals surface area contributed by atoms with Gasteiger partial charge in [0.1, 0.15) is 9.88 Å². The molecule has 0 atom stereocenters.